The van der Waals surface area contributed by atoms with Crippen molar-refractivity contribution >= 4 is 29.4 Å². The molecule has 0 radical (unpaired) electrons. The van der Waals surface area contributed by atoms with Crippen LogP contribution in [0.5, 0.6) is 0 Å². The van der Waals surface area contributed by atoms with Crippen LogP contribution in [0.2, 0.25) is 0 Å². The fourth-order valence-corrected chi connectivity index (χ4v) is 3.16. The van der Waals surface area contributed by atoms with Gasteiger partial charge in [-0.25, -0.2) is 0 Å². The molecule has 0 aliphatic heterocycles. The third-order valence-corrected chi connectivity index (χ3v) is 4.50. The fourth-order valence-electron chi connectivity index (χ4n) is 3.16. The van der Waals surface area contributed by atoms with Crippen molar-refractivity contribution in [2.75, 3.05) is 0 Å². The molecule has 130 valence electrons. The maximum atomic E-state index is 12.7. The third kappa shape index (κ3) is 2.95. The van der Waals surface area contributed by atoms with Crippen molar-refractivity contribution in [3.63, 3.8) is 0 Å². The van der Waals surface area contributed by atoms with Gasteiger partial charge in [-0.15, -0.1) is 0 Å². The molecule has 4 rings (SSSR count). The van der Waals surface area contributed by atoms with Crippen LogP contribution in [0.25, 0.3) is 12.2 Å². The number of hydrogen-bond acceptors (Lipinski definition) is 4. The number of fused-ring (bicyclic) bond motifs is 2. The Labute approximate surface area is 154 Å². The number of nitrogens with zero attached hydrogens (tertiary/aromatic N) is 1. The van der Waals surface area contributed by atoms with E-state index in [4.69, 9.17) is 0 Å². The second kappa shape index (κ2) is 6.46. The van der Waals surface area contributed by atoms with E-state index in [-0.39, 0.29) is 17.3 Å². The number of carbonyl (C=O) groups excluding carboxylic acids is 2. The zero-order chi connectivity index (χ0) is 19.0. The van der Waals surface area contributed by atoms with Crippen LogP contribution < -0.4 is 0 Å². The summed E-state index contributed by atoms with van der Waals surface area (Å²) >= 11 is 0. The lowest BCUT2D eigenvalue weighted by Gasteiger charge is -2.17. The normalized spacial score (nSPS) is 12.7. The zero-order valence-corrected chi connectivity index (χ0v) is 14.1. The Balaban J connectivity index is 1.70. The molecule has 1 aliphatic rings. The summed E-state index contributed by atoms with van der Waals surface area (Å²) in [6.07, 6.45) is 3.50. The largest absolute Gasteiger partial charge is 0.289 e. The molecular weight excluding hydrogens is 342 g/mol. The summed E-state index contributed by atoms with van der Waals surface area (Å²) in [7, 11) is 0. The van der Waals surface area contributed by atoms with Gasteiger partial charge >= 0.3 is 0 Å². The molecule has 0 heterocycles. The highest BCUT2D eigenvalue weighted by Crippen LogP contribution is 2.28. The van der Waals surface area contributed by atoms with Gasteiger partial charge in [0.05, 0.1) is 4.92 Å². The number of benzene rings is 3. The van der Waals surface area contributed by atoms with Crippen molar-refractivity contribution in [2.45, 2.75) is 0 Å². The second-order valence-corrected chi connectivity index (χ2v) is 6.19. The molecular formula is C22H13NO4. The molecule has 0 fully saturated rings. The third-order valence-electron chi connectivity index (χ3n) is 4.50. The Kier molecular flexibility index (Phi) is 3.97. The Morgan fingerprint density at radius 3 is 1.93 bits per heavy atom. The Morgan fingerprint density at radius 2 is 1.26 bits per heavy atom. The minimum Gasteiger partial charge on any atom is -0.289 e. The first kappa shape index (κ1) is 16.6. The summed E-state index contributed by atoms with van der Waals surface area (Å²) in [5.41, 5.74) is 3.03. The SMILES string of the molecule is O=C1c2ccccc2C(=O)c2cc(C=Cc3cccc([N+](=O)[O-])c3)ccc21. The van der Waals surface area contributed by atoms with Gasteiger partial charge in [0.1, 0.15) is 0 Å². The van der Waals surface area contributed by atoms with E-state index in [1.54, 1.807) is 66.7 Å². The molecule has 0 atom stereocenters. The quantitative estimate of drug-likeness (QED) is 0.307. The fraction of sp³-hybridized carbons (Fsp3) is 0. The first-order chi connectivity index (χ1) is 13.0. The van der Waals surface area contributed by atoms with Crippen LogP contribution in [0.15, 0.2) is 66.7 Å². The highest BCUT2D eigenvalue weighted by Gasteiger charge is 2.29. The van der Waals surface area contributed by atoms with Gasteiger partial charge in [-0.3, -0.25) is 19.7 Å². The molecule has 0 amide bonds. The molecule has 0 aromatic heterocycles. The summed E-state index contributed by atoms with van der Waals surface area (Å²) in [5, 5.41) is 10.9. The summed E-state index contributed by atoms with van der Waals surface area (Å²) in [4.78, 5) is 35.8. The van der Waals surface area contributed by atoms with Gasteiger partial charge in [0.25, 0.3) is 5.69 Å². The van der Waals surface area contributed by atoms with E-state index in [9.17, 15) is 19.7 Å². The first-order valence-corrected chi connectivity index (χ1v) is 8.29. The minimum atomic E-state index is -0.446. The van der Waals surface area contributed by atoms with E-state index in [2.05, 4.69) is 0 Å². The number of rotatable bonds is 3. The van der Waals surface area contributed by atoms with Crippen molar-refractivity contribution in [2.24, 2.45) is 0 Å². The van der Waals surface area contributed by atoms with Gasteiger partial charge < -0.3 is 0 Å². The van der Waals surface area contributed by atoms with Crippen LogP contribution in [-0.4, -0.2) is 16.5 Å². The summed E-state index contributed by atoms with van der Waals surface area (Å²) in [6, 6.07) is 18.2. The van der Waals surface area contributed by atoms with E-state index in [1.165, 1.54) is 12.1 Å². The van der Waals surface area contributed by atoms with Gasteiger partial charge in [-0.1, -0.05) is 54.6 Å². The molecule has 5 heteroatoms. The Morgan fingerprint density at radius 1 is 0.667 bits per heavy atom. The number of hydrogen-bond donors (Lipinski definition) is 0. The monoisotopic (exact) mass is 355 g/mol. The predicted molar refractivity (Wildman–Crippen MR) is 102 cm³/mol. The maximum absolute atomic E-state index is 12.7. The van der Waals surface area contributed by atoms with E-state index in [1.807, 2.05) is 0 Å². The number of nitro groups is 1. The van der Waals surface area contributed by atoms with Crippen LogP contribution in [0.1, 0.15) is 43.0 Å². The van der Waals surface area contributed by atoms with Gasteiger partial charge in [0.2, 0.25) is 0 Å². The molecule has 3 aromatic rings. The lowest BCUT2D eigenvalue weighted by molar-refractivity contribution is -0.384. The van der Waals surface area contributed by atoms with E-state index in [0.717, 1.165) is 5.56 Å². The van der Waals surface area contributed by atoms with E-state index >= 15 is 0 Å². The highest BCUT2D eigenvalue weighted by atomic mass is 16.6. The van der Waals surface area contributed by atoms with Crippen molar-refractivity contribution in [1.29, 1.82) is 0 Å². The molecule has 0 saturated carbocycles. The standard InChI is InChI=1S/C22H13NO4/c24-21-17-6-1-2-7-18(17)22(25)20-13-15(10-11-19(20)21)9-8-14-4-3-5-16(12-14)23(26)27/h1-13H. The Hall–Kier alpha value is -3.86. The van der Waals surface area contributed by atoms with Gasteiger partial charge in [0.15, 0.2) is 11.6 Å². The van der Waals surface area contributed by atoms with Crippen LogP contribution in [0.4, 0.5) is 5.69 Å². The molecule has 0 bridgehead atoms. The molecule has 3 aromatic carbocycles. The minimum absolute atomic E-state index is 0.0139. The topological polar surface area (TPSA) is 77.3 Å². The molecule has 1 aliphatic carbocycles. The van der Waals surface area contributed by atoms with Gasteiger partial charge in [-0.05, 0) is 23.3 Å². The summed E-state index contributed by atoms with van der Waals surface area (Å²) in [6.45, 7) is 0. The van der Waals surface area contributed by atoms with Gasteiger partial charge in [-0.2, -0.15) is 0 Å². The molecule has 0 unspecified atom stereocenters. The predicted octanol–water partition coefficient (Wildman–Crippen LogP) is 4.54. The molecule has 5 nitrogen and oxygen atoms in total. The average Bonchev–Trinajstić information content (AvgIpc) is 2.70. The van der Waals surface area contributed by atoms with Crippen molar-refractivity contribution in [1.82, 2.24) is 0 Å². The lowest BCUT2D eigenvalue weighted by Crippen LogP contribution is -2.20. The highest BCUT2D eigenvalue weighted by molar-refractivity contribution is 6.28. The molecule has 0 N–H and O–H groups in total. The van der Waals surface area contributed by atoms with E-state index in [0.29, 0.717) is 27.8 Å². The average molecular weight is 355 g/mol. The maximum Gasteiger partial charge on any atom is 0.270 e. The van der Waals surface area contributed by atoms with Crippen molar-refractivity contribution in [3.8, 4) is 0 Å². The number of carbonyl (C=O) groups is 2. The first-order valence-electron chi connectivity index (χ1n) is 8.29. The lowest BCUT2D eigenvalue weighted by atomic mass is 9.83. The molecule has 0 spiro atoms. The summed E-state index contributed by atoms with van der Waals surface area (Å²) in [5.74, 6) is -0.333. The van der Waals surface area contributed by atoms with Crippen LogP contribution in [-0.2, 0) is 0 Å². The smallest absolute Gasteiger partial charge is 0.270 e. The molecule has 27 heavy (non-hydrogen) atoms. The molecule has 0 saturated heterocycles. The summed E-state index contributed by atoms with van der Waals surface area (Å²) < 4.78 is 0. The van der Waals surface area contributed by atoms with Crippen molar-refractivity contribution < 1.29 is 14.5 Å². The number of non-ortho nitro benzene ring substituents is 1. The van der Waals surface area contributed by atoms with E-state index < -0.39 is 4.92 Å². The second-order valence-electron chi connectivity index (χ2n) is 6.19. The van der Waals surface area contributed by atoms with Gasteiger partial charge in [0, 0.05) is 34.4 Å². The van der Waals surface area contributed by atoms with Crippen LogP contribution >= 0.6 is 0 Å². The Bertz CT molecular complexity index is 1140. The van der Waals surface area contributed by atoms with Crippen LogP contribution in [0.3, 0.4) is 0 Å². The van der Waals surface area contributed by atoms with Crippen molar-refractivity contribution in [3.05, 3.63) is 110 Å². The zero-order valence-electron chi connectivity index (χ0n) is 14.1. The number of ketones is 2. The van der Waals surface area contributed by atoms with Crippen LogP contribution in [0, 0.1) is 10.1 Å². The number of nitro benzene ring substituents is 1.